The molecule has 1 heteroatoms. The summed E-state index contributed by atoms with van der Waals surface area (Å²) in [6, 6.07) is 27.0. The van der Waals surface area contributed by atoms with E-state index < -0.39 is 0 Å². The van der Waals surface area contributed by atoms with Crippen LogP contribution in [0.4, 0.5) is 11.4 Å². The molecule has 0 radical (unpaired) electrons. The summed E-state index contributed by atoms with van der Waals surface area (Å²) in [5.41, 5.74) is 7.71. The minimum absolute atomic E-state index is 1.10. The predicted molar refractivity (Wildman–Crippen MR) is 149 cm³/mol. The van der Waals surface area contributed by atoms with Gasteiger partial charge in [-0.25, -0.2) is 0 Å². The van der Waals surface area contributed by atoms with Crippen LogP contribution in [0.1, 0.15) is 30.9 Å². The van der Waals surface area contributed by atoms with Gasteiger partial charge >= 0.3 is 0 Å². The fraction of sp³-hybridized carbons (Fsp3) is 0.152. The average Bonchev–Trinajstić information content (AvgIpc) is 2.86. The minimum atomic E-state index is 1.10. The van der Waals surface area contributed by atoms with Crippen LogP contribution in [0.2, 0.25) is 0 Å². The van der Waals surface area contributed by atoms with E-state index in [-0.39, 0.29) is 0 Å². The third-order valence-electron chi connectivity index (χ3n) is 7.34. The van der Waals surface area contributed by atoms with Crippen LogP contribution in [-0.4, -0.2) is 7.05 Å². The molecule has 0 fully saturated rings. The van der Waals surface area contributed by atoms with Gasteiger partial charge in [-0.2, -0.15) is 0 Å². The molecule has 0 amide bonds. The van der Waals surface area contributed by atoms with E-state index in [4.69, 9.17) is 0 Å². The Bertz CT molecular complexity index is 1630. The zero-order valence-electron chi connectivity index (χ0n) is 20.1. The van der Waals surface area contributed by atoms with Crippen LogP contribution in [0.3, 0.4) is 0 Å². The number of hydrogen-bond donors (Lipinski definition) is 0. The maximum Gasteiger partial charge on any atom is 0.0488 e. The SMILES string of the molecule is C/C1=C\C=C(\c2cccc(N(C)c3ccc4ccc5c(C)ccc6ccc3c4c65)c2)C=CCC1. The lowest BCUT2D eigenvalue weighted by Crippen LogP contribution is -2.10. The highest BCUT2D eigenvalue weighted by molar-refractivity contribution is 6.26. The molecule has 166 valence electrons. The first kappa shape index (κ1) is 20.7. The van der Waals surface area contributed by atoms with Crippen LogP contribution in [0.25, 0.3) is 37.9 Å². The molecule has 0 atom stereocenters. The molecule has 0 spiro atoms. The molecule has 0 aromatic heterocycles. The van der Waals surface area contributed by atoms with Crippen molar-refractivity contribution in [2.45, 2.75) is 26.7 Å². The Hall–Kier alpha value is -3.84. The first-order valence-electron chi connectivity index (χ1n) is 12.2. The van der Waals surface area contributed by atoms with Gasteiger partial charge in [0.05, 0.1) is 0 Å². The minimum Gasteiger partial charge on any atom is -0.344 e. The zero-order valence-corrected chi connectivity index (χ0v) is 20.1. The molecule has 1 aliphatic rings. The Morgan fingerprint density at radius 2 is 1.47 bits per heavy atom. The summed E-state index contributed by atoms with van der Waals surface area (Å²) < 4.78 is 0. The van der Waals surface area contributed by atoms with Crippen molar-refractivity contribution in [1.82, 2.24) is 0 Å². The monoisotopic (exact) mass is 439 g/mol. The highest BCUT2D eigenvalue weighted by atomic mass is 15.1. The van der Waals surface area contributed by atoms with Crippen molar-refractivity contribution in [3.8, 4) is 0 Å². The summed E-state index contributed by atoms with van der Waals surface area (Å²) in [5.74, 6) is 0. The molecule has 0 unspecified atom stereocenters. The summed E-state index contributed by atoms with van der Waals surface area (Å²) in [6.45, 7) is 4.42. The van der Waals surface area contributed by atoms with Crippen molar-refractivity contribution in [2.24, 2.45) is 0 Å². The van der Waals surface area contributed by atoms with Gasteiger partial charge in [-0.15, -0.1) is 0 Å². The van der Waals surface area contributed by atoms with E-state index in [2.05, 4.69) is 123 Å². The second kappa shape index (κ2) is 8.18. The Balaban J connectivity index is 1.49. The van der Waals surface area contributed by atoms with Crippen LogP contribution < -0.4 is 4.90 Å². The first-order chi connectivity index (χ1) is 16.6. The standard InChI is InChI=1S/C33H29N/c1-22-7-4-5-8-24(13-11-22)27-9-6-10-28(21-27)34(3)31-20-17-26-15-18-29-23(2)12-14-25-16-19-30(31)33(26)32(25)29/h5-6,8-21H,4,7H2,1-3H3/b8-5?,22-11+,24-13+. The van der Waals surface area contributed by atoms with Crippen molar-refractivity contribution in [2.75, 3.05) is 11.9 Å². The molecule has 1 nitrogen and oxygen atoms in total. The molecular weight excluding hydrogens is 410 g/mol. The normalized spacial score (nSPS) is 17.4. The molecule has 5 aromatic carbocycles. The quantitative estimate of drug-likeness (QED) is 0.253. The van der Waals surface area contributed by atoms with Crippen molar-refractivity contribution in [3.05, 3.63) is 114 Å². The van der Waals surface area contributed by atoms with Gasteiger partial charge in [-0.05, 0) is 88.5 Å². The molecule has 0 heterocycles. The molecule has 34 heavy (non-hydrogen) atoms. The number of anilines is 2. The summed E-state index contributed by atoms with van der Waals surface area (Å²) in [4.78, 5) is 2.33. The molecule has 0 saturated heterocycles. The van der Waals surface area contributed by atoms with E-state index >= 15 is 0 Å². The van der Waals surface area contributed by atoms with Crippen LogP contribution in [0.5, 0.6) is 0 Å². The van der Waals surface area contributed by atoms with E-state index in [1.165, 1.54) is 66.0 Å². The Kier molecular flexibility index (Phi) is 4.99. The van der Waals surface area contributed by atoms with Crippen LogP contribution in [0, 0.1) is 6.92 Å². The highest BCUT2D eigenvalue weighted by Crippen LogP contribution is 2.41. The van der Waals surface area contributed by atoms with Gasteiger partial charge in [0, 0.05) is 23.8 Å². The third kappa shape index (κ3) is 3.40. The number of allylic oxidation sites excluding steroid dienone is 6. The van der Waals surface area contributed by atoms with Gasteiger partial charge in [-0.1, -0.05) is 84.5 Å². The smallest absolute Gasteiger partial charge is 0.0488 e. The third-order valence-corrected chi connectivity index (χ3v) is 7.34. The van der Waals surface area contributed by atoms with Gasteiger partial charge in [0.15, 0.2) is 0 Å². The maximum atomic E-state index is 2.33. The van der Waals surface area contributed by atoms with E-state index in [0.717, 1.165) is 12.8 Å². The molecule has 0 saturated carbocycles. The summed E-state index contributed by atoms with van der Waals surface area (Å²) in [5, 5.41) is 8.02. The van der Waals surface area contributed by atoms with Crippen molar-refractivity contribution < 1.29 is 0 Å². The van der Waals surface area contributed by atoms with Crippen molar-refractivity contribution in [3.63, 3.8) is 0 Å². The summed E-state index contributed by atoms with van der Waals surface area (Å²) in [6.07, 6.45) is 11.3. The number of benzene rings is 5. The largest absolute Gasteiger partial charge is 0.344 e. The van der Waals surface area contributed by atoms with Gasteiger partial charge in [-0.3, -0.25) is 0 Å². The fourth-order valence-electron chi connectivity index (χ4n) is 5.34. The van der Waals surface area contributed by atoms with E-state index in [1.807, 2.05) is 0 Å². The van der Waals surface area contributed by atoms with Crippen molar-refractivity contribution in [1.29, 1.82) is 0 Å². The van der Waals surface area contributed by atoms with E-state index in [9.17, 15) is 0 Å². The average molecular weight is 440 g/mol. The van der Waals surface area contributed by atoms with Crippen LogP contribution in [0.15, 0.2) is 103 Å². The highest BCUT2D eigenvalue weighted by Gasteiger charge is 2.15. The van der Waals surface area contributed by atoms with Crippen LogP contribution >= 0.6 is 0 Å². The molecule has 1 aliphatic carbocycles. The summed E-state index contributed by atoms with van der Waals surface area (Å²) in [7, 11) is 2.18. The number of aryl methyl sites for hydroxylation is 1. The predicted octanol–water partition coefficient (Wildman–Crippen LogP) is 9.34. The Morgan fingerprint density at radius 3 is 2.32 bits per heavy atom. The lowest BCUT2D eigenvalue weighted by molar-refractivity contribution is 0.976. The molecular formula is C33H29N. The van der Waals surface area contributed by atoms with Crippen molar-refractivity contribution >= 4 is 49.3 Å². The number of rotatable bonds is 3. The second-order valence-electron chi connectivity index (χ2n) is 9.58. The molecule has 0 bridgehead atoms. The fourth-order valence-corrected chi connectivity index (χ4v) is 5.34. The zero-order chi connectivity index (χ0) is 23.2. The number of nitrogens with zero attached hydrogens (tertiary/aromatic N) is 1. The topological polar surface area (TPSA) is 3.24 Å². The lowest BCUT2D eigenvalue weighted by Gasteiger charge is -2.24. The van der Waals surface area contributed by atoms with E-state index in [0.29, 0.717) is 0 Å². The van der Waals surface area contributed by atoms with Gasteiger partial charge in [0.2, 0.25) is 0 Å². The van der Waals surface area contributed by atoms with Gasteiger partial charge < -0.3 is 4.90 Å². The van der Waals surface area contributed by atoms with Gasteiger partial charge in [0.1, 0.15) is 0 Å². The van der Waals surface area contributed by atoms with E-state index in [1.54, 1.807) is 0 Å². The maximum absolute atomic E-state index is 2.33. The second-order valence-corrected chi connectivity index (χ2v) is 9.58. The molecule has 0 aliphatic heterocycles. The lowest BCUT2D eigenvalue weighted by atomic mass is 9.91. The number of hydrogen-bond acceptors (Lipinski definition) is 1. The van der Waals surface area contributed by atoms with Crippen LogP contribution in [-0.2, 0) is 0 Å². The first-order valence-corrected chi connectivity index (χ1v) is 12.2. The Labute approximate surface area is 201 Å². The Morgan fingerprint density at radius 1 is 0.735 bits per heavy atom. The summed E-state index contributed by atoms with van der Waals surface area (Å²) >= 11 is 0. The molecule has 0 N–H and O–H groups in total. The van der Waals surface area contributed by atoms with Gasteiger partial charge in [0.25, 0.3) is 0 Å². The molecule has 6 rings (SSSR count). The molecule has 5 aromatic rings.